The molecule has 17 heavy (non-hydrogen) atoms. The lowest BCUT2D eigenvalue weighted by atomic mass is 9.99. The van der Waals surface area contributed by atoms with Gasteiger partial charge in [0.15, 0.2) is 0 Å². The fraction of sp³-hybridized carbons (Fsp3) is 0.500. The number of nitrogens with zero attached hydrogens (tertiary/aromatic N) is 1. The van der Waals surface area contributed by atoms with Gasteiger partial charge in [-0.1, -0.05) is 37.0 Å². The van der Waals surface area contributed by atoms with E-state index in [-0.39, 0.29) is 5.54 Å². The second kappa shape index (κ2) is 5.38. The van der Waals surface area contributed by atoms with Gasteiger partial charge in [-0.2, -0.15) is 0 Å². The summed E-state index contributed by atoms with van der Waals surface area (Å²) in [5, 5.41) is 0. The summed E-state index contributed by atoms with van der Waals surface area (Å²) >= 11 is 0. The van der Waals surface area contributed by atoms with E-state index in [1.807, 2.05) is 18.2 Å². The van der Waals surface area contributed by atoms with Crippen LogP contribution in [-0.2, 0) is 0 Å². The molecule has 1 heteroatoms. The van der Waals surface area contributed by atoms with Gasteiger partial charge in [0.05, 0.1) is 5.54 Å². The van der Waals surface area contributed by atoms with Crippen molar-refractivity contribution in [1.82, 2.24) is 4.90 Å². The van der Waals surface area contributed by atoms with Crippen LogP contribution in [0.25, 0.3) is 0 Å². The summed E-state index contributed by atoms with van der Waals surface area (Å²) in [5.41, 5.74) is 1.21. The predicted molar refractivity (Wildman–Crippen MR) is 72.8 cm³/mol. The maximum absolute atomic E-state index is 3.49. The monoisotopic (exact) mass is 227 g/mol. The van der Waals surface area contributed by atoms with Crippen LogP contribution in [0.15, 0.2) is 30.3 Å². The van der Waals surface area contributed by atoms with E-state index in [0.29, 0.717) is 0 Å². The van der Waals surface area contributed by atoms with Crippen molar-refractivity contribution in [1.29, 1.82) is 0 Å². The van der Waals surface area contributed by atoms with Gasteiger partial charge >= 0.3 is 0 Å². The van der Waals surface area contributed by atoms with Crippen LogP contribution in [0.2, 0.25) is 0 Å². The third-order valence-corrected chi connectivity index (χ3v) is 3.53. The van der Waals surface area contributed by atoms with Crippen molar-refractivity contribution in [3.63, 3.8) is 0 Å². The zero-order chi connectivity index (χ0) is 12.1. The Morgan fingerprint density at radius 3 is 2.76 bits per heavy atom. The first-order chi connectivity index (χ1) is 8.24. The predicted octanol–water partition coefficient (Wildman–Crippen LogP) is 3.30. The molecule has 0 aromatic heterocycles. The summed E-state index contributed by atoms with van der Waals surface area (Å²) in [5.74, 6) is 6.81. The summed E-state index contributed by atoms with van der Waals surface area (Å²) in [6.45, 7) is 6.89. The number of likely N-dealkylation sites (tertiary alicyclic amines) is 1. The fourth-order valence-electron chi connectivity index (χ4n) is 2.52. The minimum Gasteiger partial charge on any atom is -0.288 e. The van der Waals surface area contributed by atoms with Gasteiger partial charge in [-0.05, 0) is 51.4 Å². The second-order valence-electron chi connectivity index (χ2n) is 4.98. The molecule has 0 aliphatic carbocycles. The molecule has 1 aliphatic heterocycles. The number of hydrogen-bond donors (Lipinski definition) is 0. The maximum Gasteiger partial charge on any atom is 0.0801 e. The third-order valence-electron chi connectivity index (χ3n) is 3.53. The minimum absolute atomic E-state index is 0.0891. The summed E-state index contributed by atoms with van der Waals surface area (Å²) in [7, 11) is 0. The summed E-state index contributed by atoms with van der Waals surface area (Å²) in [6.07, 6.45) is 3.69. The molecule has 1 aliphatic rings. The first kappa shape index (κ1) is 12.2. The van der Waals surface area contributed by atoms with Crippen molar-refractivity contribution >= 4 is 0 Å². The zero-order valence-electron chi connectivity index (χ0n) is 10.9. The van der Waals surface area contributed by atoms with Crippen LogP contribution in [0.5, 0.6) is 0 Å². The van der Waals surface area contributed by atoms with Gasteiger partial charge in [-0.25, -0.2) is 0 Å². The molecule has 1 heterocycles. The van der Waals surface area contributed by atoms with Crippen molar-refractivity contribution in [2.45, 2.75) is 38.6 Å². The largest absolute Gasteiger partial charge is 0.288 e. The first-order valence-electron chi connectivity index (χ1n) is 6.58. The number of hydrogen-bond acceptors (Lipinski definition) is 1. The molecule has 0 N–H and O–H groups in total. The van der Waals surface area contributed by atoms with Crippen molar-refractivity contribution in [2.24, 2.45) is 0 Å². The van der Waals surface area contributed by atoms with Crippen molar-refractivity contribution < 1.29 is 0 Å². The van der Waals surface area contributed by atoms with Gasteiger partial charge in [0.25, 0.3) is 0 Å². The second-order valence-corrected chi connectivity index (χ2v) is 4.98. The highest BCUT2D eigenvalue weighted by Gasteiger charge is 2.33. The van der Waals surface area contributed by atoms with Crippen LogP contribution >= 0.6 is 0 Å². The lowest BCUT2D eigenvalue weighted by Gasteiger charge is -2.30. The average Bonchev–Trinajstić information content (AvgIpc) is 2.71. The summed E-state index contributed by atoms with van der Waals surface area (Å²) in [4.78, 5) is 2.53. The van der Waals surface area contributed by atoms with Gasteiger partial charge in [0.1, 0.15) is 0 Å². The summed E-state index contributed by atoms with van der Waals surface area (Å²) in [6, 6.07) is 10.3. The maximum atomic E-state index is 3.49. The normalized spacial score (nSPS) is 24.4. The van der Waals surface area contributed by atoms with E-state index in [1.54, 1.807) is 0 Å². The van der Waals surface area contributed by atoms with Gasteiger partial charge < -0.3 is 0 Å². The topological polar surface area (TPSA) is 3.24 Å². The van der Waals surface area contributed by atoms with E-state index in [4.69, 9.17) is 0 Å². The van der Waals surface area contributed by atoms with Crippen LogP contribution in [0.1, 0.15) is 38.7 Å². The molecule has 0 radical (unpaired) electrons. The van der Waals surface area contributed by atoms with Gasteiger partial charge in [-0.15, -0.1) is 0 Å². The van der Waals surface area contributed by atoms with E-state index >= 15 is 0 Å². The van der Waals surface area contributed by atoms with Crippen molar-refractivity contribution in [2.75, 3.05) is 13.1 Å². The van der Waals surface area contributed by atoms with Gasteiger partial charge in [0, 0.05) is 5.56 Å². The Labute approximate surface area is 105 Å². The fourth-order valence-corrected chi connectivity index (χ4v) is 2.52. The molecule has 0 amide bonds. The molecule has 1 nitrogen and oxygen atoms in total. The quantitative estimate of drug-likeness (QED) is 0.701. The molecule has 1 saturated heterocycles. The molecule has 1 aromatic carbocycles. The standard InChI is InChI=1S/C16H21N/c1-3-13-17-14-7-11-16(17,2)12-10-15-8-5-4-6-9-15/h4-6,8-9H,3,7,11,13-14H2,1-2H3. The van der Waals surface area contributed by atoms with Crippen LogP contribution in [0.3, 0.4) is 0 Å². The molecular formula is C16H21N. The Kier molecular flexibility index (Phi) is 3.86. The van der Waals surface area contributed by atoms with E-state index in [2.05, 4.69) is 42.7 Å². The number of rotatable bonds is 2. The molecular weight excluding hydrogens is 206 g/mol. The molecule has 1 aromatic rings. The van der Waals surface area contributed by atoms with Crippen molar-refractivity contribution in [3.8, 4) is 11.8 Å². The van der Waals surface area contributed by atoms with Crippen LogP contribution < -0.4 is 0 Å². The van der Waals surface area contributed by atoms with E-state index in [0.717, 1.165) is 5.56 Å². The van der Waals surface area contributed by atoms with Gasteiger partial charge in [-0.3, -0.25) is 4.90 Å². The minimum atomic E-state index is 0.0891. The molecule has 1 fully saturated rings. The molecule has 1 unspecified atom stereocenters. The summed E-state index contributed by atoms with van der Waals surface area (Å²) < 4.78 is 0. The Hall–Kier alpha value is -1.26. The number of benzene rings is 1. The molecule has 2 rings (SSSR count). The van der Waals surface area contributed by atoms with Crippen molar-refractivity contribution in [3.05, 3.63) is 35.9 Å². The smallest absolute Gasteiger partial charge is 0.0801 e. The first-order valence-corrected chi connectivity index (χ1v) is 6.58. The molecule has 0 bridgehead atoms. The highest BCUT2D eigenvalue weighted by Crippen LogP contribution is 2.28. The van der Waals surface area contributed by atoms with E-state index < -0.39 is 0 Å². The molecule has 0 saturated carbocycles. The molecule has 0 spiro atoms. The lowest BCUT2D eigenvalue weighted by molar-refractivity contribution is 0.212. The Balaban J connectivity index is 2.14. The average molecular weight is 227 g/mol. The zero-order valence-corrected chi connectivity index (χ0v) is 10.9. The van der Waals surface area contributed by atoms with Crippen LogP contribution in [0, 0.1) is 11.8 Å². The van der Waals surface area contributed by atoms with Gasteiger partial charge in [0.2, 0.25) is 0 Å². The van der Waals surface area contributed by atoms with Crippen LogP contribution in [-0.4, -0.2) is 23.5 Å². The van der Waals surface area contributed by atoms with E-state index in [1.165, 1.54) is 32.4 Å². The van der Waals surface area contributed by atoms with E-state index in [9.17, 15) is 0 Å². The highest BCUT2D eigenvalue weighted by atomic mass is 15.2. The lowest BCUT2D eigenvalue weighted by Crippen LogP contribution is -2.40. The molecule has 90 valence electrons. The Morgan fingerprint density at radius 2 is 2.06 bits per heavy atom. The highest BCUT2D eigenvalue weighted by molar-refractivity contribution is 5.36. The third kappa shape index (κ3) is 2.90. The molecule has 1 atom stereocenters. The van der Waals surface area contributed by atoms with Crippen LogP contribution in [0.4, 0.5) is 0 Å². The SMILES string of the molecule is CCCN1CCCC1(C)C#Cc1ccccc1. The Bertz CT molecular complexity index is 412. The Morgan fingerprint density at radius 1 is 1.29 bits per heavy atom.